The van der Waals surface area contributed by atoms with Crippen molar-refractivity contribution in [1.29, 1.82) is 0 Å². The first-order valence-electron chi connectivity index (χ1n) is 8.99. The SMILES string of the molecule is CCOC(=O)C[C@@H](C(=O)OCC)[C@@H](NC(=O)c1cccc(NC(C)=O)c1)C(N)=O. The summed E-state index contributed by atoms with van der Waals surface area (Å²) < 4.78 is 9.73. The van der Waals surface area contributed by atoms with E-state index in [2.05, 4.69) is 10.6 Å². The van der Waals surface area contributed by atoms with Gasteiger partial charge >= 0.3 is 11.9 Å². The van der Waals surface area contributed by atoms with E-state index in [0.717, 1.165) is 0 Å². The maximum absolute atomic E-state index is 12.6. The Morgan fingerprint density at radius 1 is 1.07 bits per heavy atom. The number of carbonyl (C=O) groups excluding carboxylic acids is 5. The lowest BCUT2D eigenvalue weighted by molar-refractivity contribution is -0.156. The molecular weight excluding hydrogens is 382 g/mol. The summed E-state index contributed by atoms with van der Waals surface area (Å²) >= 11 is 0. The van der Waals surface area contributed by atoms with Gasteiger partial charge in [0.1, 0.15) is 6.04 Å². The van der Waals surface area contributed by atoms with Gasteiger partial charge in [0.05, 0.1) is 25.6 Å². The number of anilines is 1. The molecule has 29 heavy (non-hydrogen) atoms. The van der Waals surface area contributed by atoms with Crippen LogP contribution in [0.3, 0.4) is 0 Å². The lowest BCUT2D eigenvalue weighted by Gasteiger charge is -2.23. The van der Waals surface area contributed by atoms with Gasteiger partial charge in [0.25, 0.3) is 5.91 Å². The number of ether oxygens (including phenoxy) is 2. The van der Waals surface area contributed by atoms with E-state index in [0.29, 0.717) is 5.69 Å². The van der Waals surface area contributed by atoms with Gasteiger partial charge in [-0.3, -0.25) is 24.0 Å². The van der Waals surface area contributed by atoms with Crippen LogP contribution in [0.4, 0.5) is 5.69 Å². The Hall–Kier alpha value is -3.43. The second-order valence-electron chi connectivity index (χ2n) is 5.98. The Labute approximate surface area is 168 Å². The summed E-state index contributed by atoms with van der Waals surface area (Å²) in [6.45, 7) is 4.56. The van der Waals surface area contributed by atoms with E-state index < -0.39 is 42.1 Å². The maximum atomic E-state index is 12.6. The Morgan fingerprint density at radius 2 is 1.72 bits per heavy atom. The summed E-state index contributed by atoms with van der Waals surface area (Å²) in [7, 11) is 0. The molecule has 1 rings (SSSR count). The fraction of sp³-hybridized carbons (Fsp3) is 0.421. The van der Waals surface area contributed by atoms with Gasteiger partial charge in [-0.2, -0.15) is 0 Å². The second-order valence-corrected chi connectivity index (χ2v) is 5.98. The first kappa shape index (κ1) is 23.6. The third-order valence-corrected chi connectivity index (χ3v) is 3.72. The van der Waals surface area contributed by atoms with Crippen molar-refractivity contribution in [3.05, 3.63) is 29.8 Å². The average molecular weight is 407 g/mol. The van der Waals surface area contributed by atoms with Crippen LogP contribution in [-0.2, 0) is 28.7 Å². The van der Waals surface area contributed by atoms with Crippen LogP contribution in [-0.4, -0.2) is 48.9 Å². The van der Waals surface area contributed by atoms with Crippen molar-refractivity contribution in [2.75, 3.05) is 18.5 Å². The molecule has 0 aliphatic carbocycles. The average Bonchev–Trinajstić information content (AvgIpc) is 2.64. The van der Waals surface area contributed by atoms with Crippen LogP contribution < -0.4 is 16.4 Å². The number of nitrogens with two attached hydrogens (primary N) is 1. The molecule has 10 nitrogen and oxygen atoms in total. The molecule has 1 aromatic carbocycles. The zero-order valence-electron chi connectivity index (χ0n) is 16.5. The highest BCUT2D eigenvalue weighted by atomic mass is 16.5. The summed E-state index contributed by atoms with van der Waals surface area (Å²) in [4.78, 5) is 59.9. The highest BCUT2D eigenvalue weighted by molar-refractivity contribution is 6.00. The van der Waals surface area contributed by atoms with Crippen molar-refractivity contribution in [3.63, 3.8) is 0 Å². The lowest BCUT2D eigenvalue weighted by atomic mass is 9.95. The molecular formula is C19H25N3O7. The van der Waals surface area contributed by atoms with Crippen molar-refractivity contribution in [2.45, 2.75) is 33.2 Å². The third kappa shape index (κ3) is 7.60. The minimum Gasteiger partial charge on any atom is -0.466 e. The van der Waals surface area contributed by atoms with Crippen LogP contribution in [0.1, 0.15) is 37.6 Å². The molecule has 0 fully saturated rings. The van der Waals surface area contributed by atoms with Crippen LogP contribution in [0.2, 0.25) is 0 Å². The van der Waals surface area contributed by atoms with E-state index in [1.165, 1.54) is 25.1 Å². The van der Waals surface area contributed by atoms with Gasteiger partial charge in [0.2, 0.25) is 11.8 Å². The number of nitrogens with one attached hydrogen (secondary N) is 2. The normalized spacial score (nSPS) is 12.2. The summed E-state index contributed by atoms with van der Waals surface area (Å²) in [5.41, 5.74) is 5.85. The number of benzene rings is 1. The topological polar surface area (TPSA) is 154 Å². The van der Waals surface area contributed by atoms with Crippen molar-refractivity contribution in [2.24, 2.45) is 11.7 Å². The molecule has 0 radical (unpaired) electrons. The third-order valence-electron chi connectivity index (χ3n) is 3.72. The predicted molar refractivity (Wildman–Crippen MR) is 103 cm³/mol. The van der Waals surface area contributed by atoms with Crippen LogP contribution in [0, 0.1) is 5.92 Å². The molecule has 0 spiro atoms. The molecule has 0 aliphatic heterocycles. The van der Waals surface area contributed by atoms with Gasteiger partial charge in [-0.05, 0) is 32.0 Å². The molecule has 0 heterocycles. The molecule has 0 saturated heterocycles. The highest BCUT2D eigenvalue weighted by Crippen LogP contribution is 2.16. The van der Waals surface area contributed by atoms with Crippen LogP contribution in [0.25, 0.3) is 0 Å². The standard InChI is InChI=1S/C19H25N3O7/c1-4-28-15(24)10-14(19(27)29-5-2)16(17(20)25)22-18(26)12-7-6-8-13(9-12)21-11(3)23/h6-9,14,16H,4-5,10H2,1-3H3,(H2,20,25)(H,21,23)(H,22,26)/t14-,16-/m1/s1. The van der Waals surface area contributed by atoms with Crippen LogP contribution in [0.15, 0.2) is 24.3 Å². The van der Waals surface area contributed by atoms with Gasteiger partial charge < -0.3 is 25.8 Å². The lowest BCUT2D eigenvalue weighted by Crippen LogP contribution is -2.52. The monoisotopic (exact) mass is 407 g/mol. The smallest absolute Gasteiger partial charge is 0.312 e. The van der Waals surface area contributed by atoms with Gasteiger partial charge in [0, 0.05) is 18.2 Å². The maximum Gasteiger partial charge on any atom is 0.312 e. The van der Waals surface area contributed by atoms with Gasteiger partial charge in [-0.25, -0.2) is 0 Å². The molecule has 0 bridgehead atoms. The molecule has 158 valence electrons. The van der Waals surface area contributed by atoms with Crippen LogP contribution >= 0.6 is 0 Å². The first-order valence-corrected chi connectivity index (χ1v) is 8.99. The van der Waals surface area contributed by atoms with Crippen molar-refractivity contribution < 1.29 is 33.4 Å². The number of carbonyl (C=O) groups is 5. The van der Waals surface area contributed by atoms with Crippen molar-refractivity contribution >= 4 is 35.3 Å². The largest absolute Gasteiger partial charge is 0.466 e. The van der Waals surface area contributed by atoms with E-state index in [-0.39, 0.29) is 24.7 Å². The fourth-order valence-electron chi connectivity index (χ4n) is 2.52. The summed E-state index contributed by atoms with van der Waals surface area (Å²) in [5.74, 6) is -5.02. The van der Waals surface area contributed by atoms with Crippen LogP contribution in [0.5, 0.6) is 0 Å². The summed E-state index contributed by atoms with van der Waals surface area (Å²) in [6, 6.07) is 4.44. The summed E-state index contributed by atoms with van der Waals surface area (Å²) in [5, 5.41) is 4.89. The van der Waals surface area contributed by atoms with E-state index in [4.69, 9.17) is 15.2 Å². The Bertz CT molecular complexity index is 779. The van der Waals surface area contributed by atoms with Gasteiger partial charge in [-0.15, -0.1) is 0 Å². The van der Waals surface area contributed by atoms with E-state index in [1.54, 1.807) is 19.9 Å². The number of hydrogen-bond acceptors (Lipinski definition) is 7. The number of esters is 2. The molecule has 0 saturated carbocycles. The highest BCUT2D eigenvalue weighted by Gasteiger charge is 2.37. The number of hydrogen-bond donors (Lipinski definition) is 3. The fourth-order valence-corrected chi connectivity index (χ4v) is 2.52. The van der Waals surface area contributed by atoms with Gasteiger partial charge in [-0.1, -0.05) is 6.07 Å². The van der Waals surface area contributed by atoms with Gasteiger partial charge in [0.15, 0.2) is 0 Å². The zero-order chi connectivity index (χ0) is 22.0. The molecule has 3 amide bonds. The Kier molecular flexibility index (Phi) is 9.30. The molecule has 0 aliphatic rings. The number of rotatable bonds is 10. The number of primary amides is 1. The second kappa shape index (κ2) is 11.4. The minimum atomic E-state index is -1.50. The molecule has 4 N–H and O–H groups in total. The Balaban J connectivity index is 3.09. The quantitative estimate of drug-likeness (QED) is 0.473. The van der Waals surface area contributed by atoms with Crippen molar-refractivity contribution in [1.82, 2.24) is 5.32 Å². The van der Waals surface area contributed by atoms with E-state index >= 15 is 0 Å². The molecule has 1 aromatic rings. The molecule has 10 heteroatoms. The van der Waals surface area contributed by atoms with E-state index in [9.17, 15) is 24.0 Å². The predicted octanol–water partition coefficient (Wildman–Crippen LogP) is 0.361. The zero-order valence-corrected chi connectivity index (χ0v) is 16.5. The Morgan fingerprint density at radius 3 is 2.28 bits per heavy atom. The molecule has 0 unspecified atom stereocenters. The van der Waals surface area contributed by atoms with Crippen molar-refractivity contribution in [3.8, 4) is 0 Å². The minimum absolute atomic E-state index is 0.0103. The summed E-state index contributed by atoms with van der Waals surface area (Å²) in [6.07, 6.45) is -0.494. The first-order chi connectivity index (χ1) is 13.7. The number of amides is 3. The molecule has 2 atom stereocenters. The van der Waals surface area contributed by atoms with E-state index in [1.807, 2.05) is 0 Å². The molecule has 0 aromatic heterocycles.